The zero-order chi connectivity index (χ0) is 20.4. The summed E-state index contributed by atoms with van der Waals surface area (Å²) in [4.78, 5) is 16.5. The maximum absolute atomic E-state index is 12.8. The monoisotopic (exact) mass is 409 g/mol. The van der Waals surface area contributed by atoms with E-state index in [2.05, 4.69) is 12.2 Å². The van der Waals surface area contributed by atoms with E-state index in [-0.39, 0.29) is 10.8 Å². The molecule has 0 unspecified atom stereocenters. The van der Waals surface area contributed by atoms with Crippen molar-refractivity contribution in [3.05, 3.63) is 39.6 Å². The molecule has 1 N–H and O–H groups in total. The molecule has 0 saturated heterocycles. The molecule has 0 bridgehead atoms. The minimum Gasteiger partial charge on any atom is -0.376 e. The van der Waals surface area contributed by atoms with Crippen LogP contribution in [0.4, 0.5) is 11.4 Å². The highest BCUT2D eigenvalue weighted by Crippen LogP contribution is 2.30. The van der Waals surface area contributed by atoms with Crippen LogP contribution in [0.25, 0.3) is 0 Å². The summed E-state index contributed by atoms with van der Waals surface area (Å²) in [6, 6.07) is 6.69. The zero-order valence-corrected chi connectivity index (χ0v) is 18.3. The lowest BCUT2D eigenvalue weighted by atomic mass is 10.1. The van der Waals surface area contributed by atoms with Crippen LogP contribution in [0.5, 0.6) is 0 Å². The Hall–Kier alpha value is -1.90. The molecule has 0 aliphatic heterocycles. The van der Waals surface area contributed by atoms with E-state index in [1.807, 2.05) is 32.0 Å². The second kappa shape index (κ2) is 8.41. The highest BCUT2D eigenvalue weighted by molar-refractivity contribution is 7.89. The lowest BCUT2D eigenvalue weighted by molar-refractivity contribution is 0.103. The molecular weight excluding hydrogens is 382 g/mol. The minimum atomic E-state index is -3.59. The summed E-state index contributed by atoms with van der Waals surface area (Å²) >= 11 is 1.46. The van der Waals surface area contributed by atoms with Crippen molar-refractivity contribution in [1.82, 2.24) is 4.31 Å². The number of nitrogens with zero attached hydrogens (tertiary/aromatic N) is 2. The highest BCUT2D eigenvalue weighted by atomic mass is 32.2. The number of benzene rings is 1. The summed E-state index contributed by atoms with van der Waals surface area (Å²) < 4.78 is 26.0. The lowest BCUT2D eigenvalue weighted by Crippen LogP contribution is -2.23. The summed E-state index contributed by atoms with van der Waals surface area (Å²) in [6.07, 6.45) is 1.96. The van der Waals surface area contributed by atoms with Crippen LogP contribution < -0.4 is 10.2 Å². The Morgan fingerprint density at radius 1 is 1.15 bits per heavy atom. The van der Waals surface area contributed by atoms with Gasteiger partial charge in [-0.25, -0.2) is 12.7 Å². The van der Waals surface area contributed by atoms with Crippen molar-refractivity contribution < 1.29 is 13.2 Å². The molecule has 2 aromatic rings. The Bertz CT molecular complexity index is 932. The van der Waals surface area contributed by atoms with Crippen molar-refractivity contribution in [3.8, 4) is 0 Å². The molecule has 8 heteroatoms. The standard InChI is InChI=1S/C19H27N3O3S2/c1-7-8-14-11-18(26-13(14)2)19(23)20-16-12-15(27(24,25)22(5)6)9-10-17(16)21(3)4/h9-12H,7-8H2,1-6H3,(H,20,23). The fraction of sp³-hybridized carbons (Fsp3) is 0.421. The first-order valence-electron chi connectivity index (χ1n) is 8.72. The fourth-order valence-electron chi connectivity index (χ4n) is 2.71. The van der Waals surface area contributed by atoms with E-state index in [1.165, 1.54) is 37.1 Å². The van der Waals surface area contributed by atoms with Crippen molar-refractivity contribution in [3.63, 3.8) is 0 Å². The molecule has 0 atom stereocenters. The molecular formula is C19H27N3O3S2. The van der Waals surface area contributed by atoms with Crippen molar-refractivity contribution in [2.75, 3.05) is 38.4 Å². The summed E-state index contributed by atoms with van der Waals surface area (Å²) in [6.45, 7) is 4.12. The molecule has 0 spiro atoms. The number of rotatable bonds is 7. The number of amides is 1. The van der Waals surface area contributed by atoms with E-state index in [9.17, 15) is 13.2 Å². The predicted molar refractivity (Wildman–Crippen MR) is 113 cm³/mol. The molecule has 0 saturated carbocycles. The SMILES string of the molecule is CCCc1cc(C(=O)Nc2cc(S(=O)(=O)N(C)C)ccc2N(C)C)sc1C. The van der Waals surface area contributed by atoms with Gasteiger partial charge in [-0.2, -0.15) is 0 Å². The van der Waals surface area contributed by atoms with Gasteiger partial charge in [0.05, 0.1) is 21.1 Å². The maximum atomic E-state index is 12.8. The van der Waals surface area contributed by atoms with E-state index < -0.39 is 10.0 Å². The van der Waals surface area contributed by atoms with Gasteiger partial charge in [0, 0.05) is 33.1 Å². The molecule has 1 amide bonds. The maximum Gasteiger partial charge on any atom is 0.265 e. The van der Waals surface area contributed by atoms with Gasteiger partial charge in [0.1, 0.15) is 0 Å². The first-order valence-corrected chi connectivity index (χ1v) is 11.0. The molecule has 6 nitrogen and oxygen atoms in total. The van der Waals surface area contributed by atoms with Gasteiger partial charge in [0.15, 0.2) is 0 Å². The van der Waals surface area contributed by atoms with Crippen molar-refractivity contribution in [2.45, 2.75) is 31.6 Å². The third kappa shape index (κ3) is 4.69. The number of aryl methyl sites for hydroxylation is 2. The quantitative estimate of drug-likeness (QED) is 0.759. The average Bonchev–Trinajstić information content (AvgIpc) is 2.95. The second-order valence-corrected chi connectivity index (χ2v) is 10.2. The Balaban J connectivity index is 2.41. The molecule has 27 heavy (non-hydrogen) atoms. The van der Waals surface area contributed by atoms with Crippen LogP contribution in [0.3, 0.4) is 0 Å². The van der Waals surface area contributed by atoms with E-state index in [1.54, 1.807) is 12.1 Å². The topological polar surface area (TPSA) is 69.7 Å². The molecule has 0 aliphatic carbocycles. The van der Waals surface area contributed by atoms with Gasteiger partial charge in [-0.3, -0.25) is 4.79 Å². The molecule has 0 fully saturated rings. The van der Waals surface area contributed by atoms with Crippen LogP contribution in [0, 0.1) is 6.92 Å². The fourth-order valence-corrected chi connectivity index (χ4v) is 4.60. The first-order chi connectivity index (χ1) is 12.6. The van der Waals surface area contributed by atoms with Crippen molar-refractivity contribution in [1.29, 1.82) is 0 Å². The molecule has 1 aromatic carbocycles. The Labute approximate surface area is 165 Å². The normalized spacial score (nSPS) is 11.7. The van der Waals surface area contributed by atoms with E-state index in [0.717, 1.165) is 27.7 Å². The minimum absolute atomic E-state index is 0.141. The number of thiophene rings is 1. The number of carbonyl (C=O) groups excluding carboxylic acids is 1. The summed E-state index contributed by atoms with van der Waals surface area (Å²) in [5.41, 5.74) is 2.39. The number of sulfonamides is 1. The van der Waals surface area contributed by atoms with Gasteiger partial charge in [-0.15, -0.1) is 11.3 Å². The highest BCUT2D eigenvalue weighted by Gasteiger charge is 2.21. The van der Waals surface area contributed by atoms with Gasteiger partial charge in [0.25, 0.3) is 5.91 Å². The van der Waals surface area contributed by atoms with Crippen molar-refractivity contribution >= 4 is 38.6 Å². The van der Waals surface area contributed by atoms with E-state index in [0.29, 0.717) is 10.6 Å². The van der Waals surface area contributed by atoms with Crippen molar-refractivity contribution in [2.24, 2.45) is 0 Å². The molecule has 0 aliphatic rings. The number of hydrogen-bond donors (Lipinski definition) is 1. The Kier molecular flexibility index (Phi) is 6.67. The number of nitrogens with one attached hydrogen (secondary N) is 1. The van der Waals surface area contributed by atoms with Crippen LogP contribution in [-0.2, 0) is 16.4 Å². The van der Waals surface area contributed by atoms with Gasteiger partial charge >= 0.3 is 0 Å². The second-order valence-electron chi connectivity index (χ2n) is 6.76. The van der Waals surface area contributed by atoms with Crippen LogP contribution in [0.15, 0.2) is 29.2 Å². The van der Waals surface area contributed by atoms with E-state index >= 15 is 0 Å². The number of hydrogen-bond acceptors (Lipinski definition) is 5. The van der Waals surface area contributed by atoms with Crippen LogP contribution in [-0.4, -0.2) is 46.8 Å². The molecule has 0 radical (unpaired) electrons. The summed E-state index contributed by atoms with van der Waals surface area (Å²) in [7, 11) is 3.07. The summed E-state index contributed by atoms with van der Waals surface area (Å²) in [5.74, 6) is -0.229. The Morgan fingerprint density at radius 3 is 2.37 bits per heavy atom. The van der Waals surface area contributed by atoms with Gasteiger partial charge < -0.3 is 10.2 Å². The third-order valence-corrected chi connectivity index (χ3v) is 7.14. The number of carbonyl (C=O) groups is 1. The van der Waals surface area contributed by atoms with Gasteiger partial charge in [0.2, 0.25) is 10.0 Å². The smallest absolute Gasteiger partial charge is 0.265 e. The van der Waals surface area contributed by atoms with E-state index in [4.69, 9.17) is 0 Å². The van der Waals surface area contributed by atoms with Gasteiger partial charge in [-0.1, -0.05) is 13.3 Å². The number of anilines is 2. The van der Waals surface area contributed by atoms with Gasteiger partial charge in [-0.05, 0) is 43.2 Å². The first kappa shape index (κ1) is 21.4. The Morgan fingerprint density at radius 2 is 1.81 bits per heavy atom. The lowest BCUT2D eigenvalue weighted by Gasteiger charge is -2.20. The predicted octanol–water partition coefficient (Wildman–Crippen LogP) is 3.58. The summed E-state index contributed by atoms with van der Waals surface area (Å²) in [5, 5.41) is 2.89. The van der Waals surface area contributed by atoms with Crippen LogP contribution in [0.1, 0.15) is 33.5 Å². The zero-order valence-electron chi connectivity index (χ0n) is 16.7. The average molecular weight is 410 g/mol. The largest absolute Gasteiger partial charge is 0.376 e. The van der Waals surface area contributed by atoms with Crippen LogP contribution in [0.2, 0.25) is 0 Å². The van der Waals surface area contributed by atoms with Crippen LogP contribution >= 0.6 is 11.3 Å². The molecule has 2 rings (SSSR count). The third-order valence-electron chi connectivity index (χ3n) is 4.24. The molecule has 1 heterocycles. The molecule has 148 valence electrons. The molecule has 1 aromatic heterocycles.